The minimum absolute atomic E-state index is 0.239. The van der Waals surface area contributed by atoms with Crippen LogP contribution in [0.3, 0.4) is 0 Å². The number of carbonyl (C=O) groups is 1. The third-order valence-corrected chi connectivity index (χ3v) is 2.99. The first-order chi connectivity index (χ1) is 5.61. The van der Waals surface area contributed by atoms with Gasteiger partial charge in [-0.05, 0) is 18.8 Å². The van der Waals surface area contributed by atoms with E-state index in [0.29, 0.717) is 11.7 Å². The summed E-state index contributed by atoms with van der Waals surface area (Å²) in [5.74, 6) is 1.97. The molecule has 1 heteroatoms. The first-order valence-electron chi connectivity index (χ1n) is 5.15. The minimum Gasteiger partial charge on any atom is -0.299 e. The fourth-order valence-electron chi connectivity index (χ4n) is 2.02. The average molecular weight is 168 g/mol. The van der Waals surface area contributed by atoms with Crippen molar-refractivity contribution in [2.24, 2.45) is 17.8 Å². The lowest BCUT2D eigenvalue weighted by Crippen LogP contribution is -2.24. The summed E-state index contributed by atoms with van der Waals surface area (Å²) in [7, 11) is 0. The van der Waals surface area contributed by atoms with E-state index in [-0.39, 0.29) is 5.92 Å². The molecule has 0 N–H and O–H groups in total. The molecule has 1 saturated carbocycles. The standard InChI is InChI=1S/C11H20O/c1-8(2)11(12)10-6-4-9(3)5-7-10/h8-10H,4-7H2,1-3H3/t9-,10-. The van der Waals surface area contributed by atoms with Gasteiger partial charge in [-0.25, -0.2) is 0 Å². The van der Waals surface area contributed by atoms with Gasteiger partial charge in [-0.3, -0.25) is 4.79 Å². The van der Waals surface area contributed by atoms with Crippen LogP contribution in [-0.2, 0) is 4.79 Å². The predicted molar refractivity (Wildman–Crippen MR) is 51.0 cm³/mol. The Morgan fingerprint density at radius 2 is 1.67 bits per heavy atom. The molecule has 0 spiro atoms. The van der Waals surface area contributed by atoms with E-state index in [1.165, 1.54) is 12.8 Å². The van der Waals surface area contributed by atoms with E-state index in [1.54, 1.807) is 0 Å². The second kappa shape index (κ2) is 4.06. The normalized spacial score (nSPS) is 30.7. The van der Waals surface area contributed by atoms with Gasteiger partial charge in [0.25, 0.3) is 0 Å². The molecule has 70 valence electrons. The zero-order valence-electron chi connectivity index (χ0n) is 8.47. The van der Waals surface area contributed by atoms with Gasteiger partial charge in [0.2, 0.25) is 0 Å². The maximum atomic E-state index is 11.6. The van der Waals surface area contributed by atoms with Crippen LogP contribution in [0, 0.1) is 17.8 Å². The second-order valence-electron chi connectivity index (χ2n) is 4.51. The van der Waals surface area contributed by atoms with Crippen LogP contribution in [0.25, 0.3) is 0 Å². The number of hydrogen-bond donors (Lipinski definition) is 0. The molecule has 1 aliphatic carbocycles. The Balaban J connectivity index is 2.39. The van der Waals surface area contributed by atoms with Gasteiger partial charge in [-0.15, -0.1) is 0 Å². The van der Waals surface area contributed by atoms with Crippen molar-refractivity contribution >= 4 is 5.78 Å². The number of rotatable bonds is 2. The lowest BCUT2D eigenvalue weighted by molar-refractivity contribution is -0.127. The highest BCUT2D eigenvalue weighted by Crippen LogP contribution is 2.30. The van der Waals surface area contributed by atoms with Crippen LogP contribution in [0.5, 0.6) is 0 Å². The van der Waals surface area contributed by atoms with Crippen molar-refractivity contribution in [1.29, 1.82) is 0 Å². The number of Topliss-reactive ketones (excluding diaryl/α,β-unsaturated/α-hetero) is 1. The van der Waals surface area contributed by atoms with Gasteiger partial charge in [0.05, 0.1) is 0 Å². The Morgan fingerprint density at radius 3 is 2.08 bits per heavy atom. The molecule has 0 heterocycles. The molecule has 1 rings (SSSR count). The van der Waals surface area contributed by atoms with E-state index in [1.807, 2.05) is 13.8 Å². The largest absolute Gasteiger partial charge is 0.299 e. The number of ketones is 1. The molecule has 0 radical (unpaired) electrons. The van der Waals surface area contributed by atoms with Gasteiger partial charge < -0.3 is 0 Å². The van der Waals surface area contributed by atoms with Crippen molar-refractivity contribution in [3.8, 4) is 0 Å². The molecule has 0 aromatic carbocycles. The molecule has 0 atom stereocenters. The van der Waals surface area contributed by atoms with Gasteiger partial charge in [-0.1, -0.05) is 33.6 Å². The SMILES string of the molecule is CC(C)C(=O)[C@H]1CC[C@H](C)CC1. The van der Waals surface area contributed by atoms with Crippen molar-refractivity contribution in [3.63, 3.8) is 0 Å². The highest BCUT2D eigenvalue weighted by atomic mass is 16.1. The first-order valence-corrected chi connectivity index (χ1v) is 5.15. The van der Waals surface area contributed by atoms with E-state index in [9.17, 15) is 4.79 Å². The molecule has 0 amide bonds. The molecule has 0 unspecified atom stereocenters. The van der Waals surface area contributed by atoms with Gasteiger partial charge in [-0.2, -0.15) is 0 Å². The Kier molecular flexibility index (Phi) is 3.30. The maximum Gasteiger partial charge on any atom is 0.138 e. The second-order valence-corrected chi connectivity index (χ2v) is 4.51. The third-order valence-electron chi connectivity index (χ3n) is 2.99. The quantitative estimate of drug-likeness (QED) is 0.619. The van der Waals surface area contributed by atoms with Gasteiger partial charge in [0, 0.05) is 11.8 Å². The van der Waals surface area contributed by atoms with E-state index in [2.05, 4.69) is 6.92 Å². The lowest BCUT2D eigenvalue weighted by Gasteiger charge is -2.26. The van der Waals surface area contributed by atoms with Crippen molar-refractivity contribution in [3.05, 3.63) is 0 Å². The molecule has 0 aliphatic heterocycles. The van der Waals surface area contributed by atoms with E-state index in [4.69, 9.17) is 0 Å². The summed E-state index contributed by atoms with van der Waals surface area (Å²) in [5.41, 5.74) is 0. The highest BCUT2D eigenvalue weighted by molar-refractivity contribution is 5.82. The average Bonchev–Trinajstić information content (AvgIpc) is 2.04. The summed E-state index contributed by atoms with van der Waals surface area (Å²) < 4.78 is 0. The van der Waals surface area contributed by atoms with Crippen molar-refractivity contribution in [2.75, 3.05) is 0 Å². The van der Waals surface area contributed by atoms with Crippen LogP contribution < -0.4 is 0 Å². The third kappa shape index (κ3) is 2.33. The Bertz CT molecular complexity index is 152. The van der Waals surface area contributed by atoms with Crippen LogP contribution in [0.1, 0.15) is 46.5 Å². The Labute approximate surface area is 75.5 Å². The molecule has 1 fully saturated rings. The van der Waals surface area contributed by atoms with Crippen LogP contribution in [0.15, 0.2) is 0 Å². The van der Waals surface area contributed by atoms with Gasteiger partial charge in [0.1, 0.15) is 5.78 Å². The van der Waals surface area contributed by atoms with Crippen LogP contribution >= 0.6 is 0 Å². The molecule has 12 heavy (non-hydrogen) atoms. The Hall–Kier alpha value is -0.330. The molecule has 1 nitrogen and oxygen atoms in total. The Morgan fingerprint density at radius 1 is 1.17 bits per heavy atom. The highest BCUT2D eigenvalue weighted by Gasteiger charge is 2.25. The van der Waals surface area contributed by atoms with Crippen LogP contribution in [0.4, 0.5) is 0 Å². The minimum atomic E-state index is 0.239. The summed E-state index contributed by atoms with van der Waals surface area (Å²) in [6.45, 7) is 6.32. The molecule has 1 aliphatic rings. The summed E-state index contributed by atoms with van der Waals surface area (Å²) >= 11 is 0. The fourth-order valence-corrected chi connectivity index (χ4v) is 2.02. The molecule has 0 aromatic rings. The van der Waals surface area contributed by atoms with E-state index < -0.39 is 0 Å². The zero-order chi connectivity index (χ0) is 9.14. The molecule has 0 bridgehead atoms. The molecular formula is C11H20O. The van der Waals surface area contributed by atoms with E-state index >= 15 is 0 Å². The molecule has 0 saturated heterocycles. The van der Waals surface area contributed by atoms with Crippen molar-refractivity contribution in [2.45, 2.75) is 46.5 Å². The summed E-state index contributed by atoms with van der Waals surface area (Å²) in [5, 5.41) is 0. The lowest BCUT2D eigenvalue weighted by atomic mass is 9.78. The fraction of sp³-hybridized carbons (Fsp3) is 0.909. The first kappa shape index (κ1) is 9.76. The van der Waals surface area contributed by atoms with Gasteiger partial charge >= 0.3 is 0 Å². The monoisotopic (exact) mass is 168 g/mol. The number of hydrogen-bond acceptors (Lipinski definition) is 1. The van der Waals surface area contributed by atoms with Crippen molar-refractivity contribution < 1.29 is 4.79 Å². The maximum absolute atomic E-state index is 11.6. The number of carbonyl (C=O) groups excluding carboxylic acids is 1. The molecular weight excluding hydrogens is 148 g/mol. The van der Waals surface area contributed by atoms with E-state index in [0.717, 1.165) is 18.8 Å². The summed E-state index contributed by atoms with van der Waals surface area (Å²) in [6, 6.07) is 0. The zero-order valence-corrected chi connectivity index (χ0v) is 8.47. The van der Waals surface area contributed by atoms with Gasteiger partial charge in [0.15, 0.2) is 0 Å². The van der Waals surface area contributed by atoms with Crippen LogP contribution in [-0.4, -0.2) is 5.78 Å². The van der Waals surface area contributed by atoms with Crippen LogP contribution in [0.2, 0.25) is 0 Å². The topological polar surface area (TPSA) is 17.1 Å². The van der Waals surface area contributed by atoms with Crippen molar-refractivity contribution in [1.82, 2.24) is 0 Å². The summed E-state index contributed by atoms with van der Waals surface area (Å²) in [6.07, 6.45) is 4.78. The smallest absolute Gasteiger partial charge is 0.138 e. The summed E-state index contributed by atoms with van der Waals surface area (Å²) in [4.78, 5) is 11.6. The molecule has 0 aromatic heterocycles. The predicted octanol–water partition coefficient (Wildman–Crippen LogP) is 3.04.